The van der Waals surface area contributed by atoms with Crippen molar-refractivity contribution in [1.82, 2.24) is 15.5 Å². The molecule has 0 unspecified atom stereocenters. The minimum atomic E-state index is 0.139. The van der Waals surface area contributed by atoms with Gasteiger partial charge in [-0.3, -0.25) is 4.79 Å². The van der Waals surface area contributed by atoms with Crippen LogP contribution in [0, 0.1) is 5.92 Å². The molecule has 0 bridgehead atoms. The number of carbonyl (C=O) groups excluding carboxylic acids is 1. The lowest BCUT2D eigenvalue weighted by Crippen LogP contribution is -2.38. The van der Waals surface area contributed by atoms with Crippen molar-refractivity contribution in [2.45, 2.75) is 25.7 Å². The van der Waals surface area contributed by atoms with Gasteiger partial charge in [0.1, 0.15) is 0 Å². The summed E-state index contributed by atoms with van der Waals surface area (Å²) in [7, 11) is 0. The van der Waals surface area contributed by atoms with Crippen LogP contribution in [0.15, 0.2) is 0 Å². The zero-order valence-electron chi connectivity index (χ0n) is 10.0. The van der Waals surface area contributed by atoms with Gasteiger partial charge in [-0.05, 0) is 51.2 Å². The molecule has 16 heavy (non-hydrogen) atoms. The molecule has 92 valence electrons. The molecule has 2 N–H and O–H groups in total. The summed E-state index contributed by atoms with van der Waals surface area (Å²) in [4.78, 5) is 13.8. The van der Waals surface area contributed by atoms with E-state index in [1.165, 1.54) is 38.8 Å². The Kier molecular flexibility index (Phi) is 4.60. The fraction of sp³-hybridized carbons (Fsp3) is 0.917. The molecule has 1 saturated heterocycles. The van der Waals surface area contributed by atoms with Gasteiger partial charge in [0.25, 0.3) is 0 Å². The second-order valence-electron chi connectivity index (χ2n) is 4.97. The predicted octanol–water partition coefficient (Wildman–Crippen LogP) is 0.198. The normalized spacial score (nSPS) is 21.2. The Balaban J connectivity index is 1.43. The fourth-order valence-electron chi connectivity index (χ4n) is 2.13. The van der Waals surface area contributed by atoms with Crippen molar-refractivity contribution < 1.29 is 4.79 Å². The summed E-state index contributed by atoms with van der Waals surface area (Å²) >= 11 is 0. The number of hydrogen-bond donors (Lipinski definition) is 2. The molecule has 1 saturated carbocycles. The Morgan fingerprint density at radius 3 is 2.69 bits per heavy atom. The Morgan fingerprint density at radius 1 is 1.25 bits per heavy atom. The van der Waals surface area contributed by atoms with Gasteiger partial charge in [0.2, 0.25) is 5.91 Å². The summed E-state index contributed by atoms with van der Waals surface area (Å²) < 4.78 is 0. The van der Waals surface area contributed by atoms with Gasteiger partial charge in [-0.15, -0.1) is 0 Å². The molecule has 0 radical (unpaired) electrons. The molecule has 0 aromatic rings. The highest BCUT2D eigenvalue weighted by atomic mass is 16.1. The van der Waals surface area contributed by atoms with E-state index in [9.17, 15) is 4.79 Å². The maximum Gasteiger partial charge on any atom is 0.234 e. The van der Waals surface area contributed by atoms with Crippen LogP contribution in [0.3, 0.4) is 0 Å². The van der Waals surface area contributed by atoms with Crippen LogP contribution < -0.4 is 10.6 Å². The van der Waals surface area contributed by atoms with Crippen molar-refractivity contribution in [3.05, 3.63) is 0 Å². The van der Waals surface area contributed by atoms with Crippen LogP contribution >= 0.6 is 0 Å². The molecule has 0 spiro atoms. The Bertz CT molecular complexity index is 222. The first-order valence-corrected chi connectivity index (χ1v) is 6.54. The van der Waals surface area contributed by atoms with E-state index in [0.29, 0.717) is 6.54 Å². The average molecular weight is 225 g/mol. The highest BCUT2D eigenvalue weighted by Gasteiger charge is 2.20. The van der Waals surface area contributed by atoms with Crippen LogP contribution in [0.2, 0.25) is 0 Å². The largest absolute Gasteiger partial charge is 0.354 e. The van der Waals surface area contributed by atoms with Crippen molar-refractivity contribution in [3.8, 4) is 0 Å². The van der Waals surface area contributed by atoms with Gasteiger partial charge in [-0.1, -0.05) is 0 Å². The fourth-order valence-corrected chi connectivity index (χ4v) is 2.13. The Hall–Kier alpha value is -0.610. The highest BCUT2D eigenvalue weighted by molar-refractivity contribution is 5.77. The quantitative estimate of drug-likeness (QED) is 0.650. The highest BCUT2D eigenvalue weighted by Crippen LogP contribution is 2.27. The molecule has 0 aromatic carbocycles. The number of nitrogens with one attached hydrogen (secondary N) is 2. The average Bonchev–Trinajstić information content (AvgIpc) is 2.94. The molecule has 1 heterocycles. The van der Waals surface area contributed by atoms with Gasteiger partial charge in [-0.25, -0.2) is 0 Å². The van der Waals surface area contributed by atoms with Crippen LogP contribution in [0.5, 0.6) is 0 Å². The van der Waals surface area contributed by atoms with Crippen molar-refractivity contribution in [3.63, 3.8) is 0 Å². The minimum Gasteiger partial charge on any atom is -0.354 e. The topological polar surface area (TPSA) is 44.4 Å². The van der Waals surface area contributed by atoms with E-state index in [1.54, 1.807) is 0 Å². The molecular weight excluding hydrogens is 202 g/mol. The van der Waals surface area contributed by atoms with Crippen LogP contribution in [0.25, 0.3) is 0 Å². The Labute approximate surface area is 97.8 Å². The lowest BCUT2D eigenvalue weighted by molar-refractivity contribution is -0.120. The van der Waals surface area contributed by atoms with Crippen molar-refractivity contribution in [2.24, 2.45) is 5.92 Å². The van der Waals surface area contributed by atoms with Crippen LogP contribution in [-0.4, -0.2) is 50.1 Å². The molecule has 1 aliphatic carbocycles. The number of nitrogens with zero attached hydrogens (tertiary/aromatic N) is 1. The summed E-state index contributed by atoms with van der Waals surface area (Å²) in [6, 6.07) is 0. The summed E-state index contributed by atoms with van der Waals surface area (Å²) in [5.74, 6) is 0.984. The number of carbonyl (C=O) groups is 1. The van der Waals surface area contributed by atoms with Gasteiger partial charge in [0.05, 0.1) is 6.54 Å². The second-order valence-corrected chi connectivity index (χ2v) is 4.97. The number of amides is 1. The van der Waals surface area contributed by atoms with E-state index < -0.39 is 0 Å². The first kappa shape index (κ1) is 11.9. The Morgan fingerprint density at radius 2 is 2.00 bits per heavy atom. The third kappa shape index (κ3) is 4.49. The van der Waals surface area contributed by atoms with Crippen molar-refractivity contribution >= 4 is 5.91 Å². The molecule has 0 aromatic heterocycles. The lowest BCUT2D eigenvalue weighted by Gasteiger charge is -2.14. The van der Waals surface area contributed by atoms with Gasteiger partial charge in [-0.2, -0.15) is 0 Å². The smallest absolute Gasteiger partial charge is 0.234 e. The third-order valence-corrected chi connectivity index (χ3v) is 3.36. The van der Waals surface area contributed by atoms with E-state index in [0.717, 1.165) is 25.6 Å². The van der Waals surface area contributed by atoms with Crippen LogP contribution in [0.1, 0.15) is 25.7 Å². The maximum atomic E-state index is 11.4. The molecule has 4 nitrogen and oxygen atoms in total. The molecule has 1 amide bonds. The lowest BCUT2D eigenvalue weighted by atomic mass is 10.4. The number of hydrogen-bond acceptors (Lipinski definition) is 3. The second kappa shape index (κ2) is 6.21. The zero-order valence-corrected chi connectivity index (χ0v) is 10.0. The maximum absolute atomic E-state index is 11.4. The monoisotopic (exact) mass is 225 g/mol. The molecular formula is C12H23N3O. The van der Waals surface area contributed by atoms with Gasteiger partial charge in [0, 0.05) is 13.1 Å². The first-order valence-electron chi connectivity index (χ1n) is 6.54. The SMILES string of the molecule is O=C(CNCC1CC1)NCCN1CCCC1. The summed E-state index contributed by atoms with van der Waals surface area (Å²) in [6.07, 6.45) is 5.31. The third-order valence-electron chi connectivity index (χ3n) is 3.36. The van der Waals surface area contributed by atoms with Crippen molar-refractivity contribution in [2.75, 3.05) is 39.3 Å². The number of rotatable bonds is 7. The number of likely N-dealkylation sites (tertiary alicyclic amines) is 1. The minimum absolute atomic E-state index is 0.139. The zero-order chi connectivity index (χ0) is 11.2. The van der Waals surface area contributed by atoms with Gasteiger partial charge < -0.3 is 15.5 Å². The van der Waals surface area contributed by atoms with Crippen LogP contribution in [-0.2, 0) is 4.79 Å². The van der Waals surface area contributed by atoms with Crippen molar-refractivity contribution in [1.29, 1.82) is 0 Å². The predicted molar refractivity (Wildman–Crippen MR) is 64.3 cm³/mol. The summed E-state index contributed by atoms with van der Waals surface area (Å²) in [6.45, 7) is 5.71. The first-order chi connectivity index (χ1) is 7.84. The summed E-state index contributed by atoms with van der Waals surface area (Å²) in [5.41, 5.74) is 0. The molecule has 2 fully saturated rings. The molecule has 2 aliphatic rings. The van der Waals surface area contributed by atoms with E-state index in [1.807, 2.05) is 0 Å². The van der Waals surface area contributed by atoms with E-state index in [4.69, 9.17) is 0 Å². The summed E-state index contributed by atoms with van der Waals surface area (Å²) in [5, 5.41) is 6.16. The molecule has 2 rings (SSSR count). The van der Waals surface area contributed by atoms with Crippen LogP contribution in [0.4, 0.5) is 0 Å². The standard InChI is InChI=1S/C12H23N3O/c16-12(10-13-9-11-3-4-11)14-5-8-15-6-1-2-7-15/h11,13H,1-10H2,(H,14,16). The van der Waals surface area contributed by atoms with Gasteiger partial charge in [0.15, 0.2) is 0 Å². The molecule has 0 atom stereocenters. The molecule has 4 heteroatoms. The van der Waals surface area contributed by atoms with E-state index in [-0.39, 0.29) is 5.91 Å². The van der Waals surface area contributed by atoms with Gasteiger partial charge >= 0.3 is 0 Å². The van der Waals surface area contributed by atoms with E-state index in [2.05, 4.69) is 15.5 Å². The molecule has 1 aliphatic heterocycles. The van der Waals surface area contributed by atoms with E-state index >= 15 is 0 Å².